The Morgan fingerprint density at radius 2 is 1.80 bits per heavy atom. The Balaban J connectivity index is 1.49. The van der Waals surface area contributed by atoms with Gasteiger partial charge < -0.3 is 9.73 Å². The van der Waals surface area contributed by atoms with Gasteiger partial charge in [0.2, 0.25) is 5.91 Å². The highest BCUT2D eigenvalue weighted by Crippen LogP contribution is 2.34. The largest absolute Gasteiger partial charge is 0.457 e. The number of hydrogen-bond acceptors (Lipinski definition) is 7. The first-order valence-electron chi connectivity index (χ1n) is 10.6. The van der Waals surface area contributed by atoms with Crippen molar-refractivity contribution in [3.63, 3.8) is 0 Å². The van der Waals surface area contributed by atoms with Crippen LogP contribution in [0.3, 0.4) is 0 Å². The van der Waals surface area contributed by atoms with E-state index in [2.05, 4.69) is 5.32 Å². The second-order valence-corrected chi connectivity index (χ2v) is 9.04. The number of aryl methyl sites for hydroxylation is 3. The van der Waals surface area contributed by atoms with Gasteiger partial charge in [0.25, 0.3) is 16.8 Å². The number of nitrogens with one attached hydrogen (secondary N) is 1. The fourth-order valence-corrected chi connectivity index (χ4v) is 4.46. The highest BCUT2D eigenvalue weighted by molar-refractivity contribution is 8.18. The molecule has 35 heavy (non-hydrogen) atoms. The van der Waals surface area contributed by atoms with Crippen molar-refractivity contribution in [1.29, 1.82) is 0 Å². The quantitative estimate of drug-likeness (QED) is 0.276. The molecule has 1 fully saturated rings. The van der Waals surface area contributed by atoms with Crippen molar-refractivity contribution in [3.8, 4) is 11.3 Å². The van der Waals surface area contributed by atoms with E-state index in [-0.39, 0.29) is 10.6 Å². The van der Waals surface area contributed by atoms with Crippen LogP contribution in [0, 0.1) is 30.9 Å². The molecule has 9 nitrogen and oxygen atoms in total. The number of hydrogen-bond donors (Lipinski definition) is 1. The average Bonchev–Trinajstić information content (AvgIpc) is 3.37. The molecular formula is C25H21N3O6S. The van der Waals surface area contributed by atoms with Crippen LogP contribution in [0.1, 0.15) is 22.5 Å². The second-order valence-electron chi connectivity index (χ2n) is 8.04. The normalized spacial score (nSPS) is 14.6. The van der Waals surface area contributed by atoms with Gasteiger partial charge in [0, 0.05) is 29.0 Å². The maximum absolute atomic E-state index is 12.8. The third-order valence-electron chi connectivity index (χ3n) is 5.51. The Morgan fingerprint density at radius 3 is 2.49 bits per heavy atom. The maximum Gasteiger partial charge on any atom is 0.294 e. The lowest BCUT2D eigenvalue weighted by atomic mass is 10.1. The van der Waals surface area contributed by atoms with E-state index < -0.39 is 28.5 Å². The topological polar surface area (TPSA) is 123 Å². The summed E-state index contributed by atoms with van der Waals surface area (Å²) in [5.74, 6) is -0.395. The molecule has 3 aromatic rings. The number of carbonyl (C=O) groups excluding carboxylic acids is 3. The highest BCUT2D eigenvalue weighted by Gasteiger charge is 2.36. The second kappa shape index (κ2) is 9.59. The van der Waals surface area contributed by atoms with Gasteiger partial charge in [-0.05, 0) is 55.8 Å². The summed E-state index contributed by atoms with van der Waals surface area (Å²) in [5.41, 5.74) is 3.42. The van der Waals surface area contributed by atoms with Crippen LogP contribution in [0.4, 0.5) is 16.2 Å². The van der Waals surface area contributed by atoms with E-state index in [1.807, 2.05) is 32.0 Å². The number of amides is 3. The molecule has 0 spiro atoms. The molecule has 2 heterocycles. The van der Waals surface area contributed by atoms with Gasteiger partial charge in [-0.15, -0.1) is 0 Å². The summed E-state index contributed by atoms with van der Waals surface area (Å²) in [6.45, 7) is 4.95. The number of rotatable bonds is 6. The lowest BCUT2D eigenvalue weighted by molar-refractivity contribution is -0.385. The first-order valence-corrected chi connectivity index (χ1v) is 11.4. The first kappa shape index (κ1) is 24.0. The van der Waals surface area contributed by atoms with Gasteiger partial charge in [0.15, 0.2) is 0 Å². The number of imide groups is 1. The molecule has 1 N–H and O–H groups in total. The lowest BCUT2D eigenvalue weighted by Gasteiger charge is -2.15. The summed E-state index contributed by atoms with van der Waals surface area (Å²) < 4.78 is 5.74. The third-order valence-corrected chi connectivity index (χ3v) is 6.42. The first-order chi connectivity index (χ1) is 16.6. The number of benzene rings is 2. The van der Waals surface area contributed by atoms with Crippen molar-refractivity contribution in [2.75, 3.05) is 11.9 Å². The SMILES string of the molecule is Cc1ccc(-c2ccc(/C=C3/SC(=O)N(CC(=O)Nc4c(C)cccc4C)C3=O)o2)cc1[N+](=O)[O-]. The molecule has 0 atom stereocenters. The zero-order valence-electron chi connectivity index (χ0n) is 19.2. The molecule has 0 unspecified atom stereocenters. The Bertz CT molecular complexity index is 1390. The van der Waals surface area contributed by atoms with Crippen LogP contribution in [0.25, 0.3) is 17.4 Å². The molecule has 0 aliphatic carbocycles. The standard InChI is InChI=1S/C25H21N3O6S/c1-14-7-8-17(11-19(14)28(32)33)20-10-9-18(34-20)12-21-24(30)27(25(31)35-21)13-22(29)26-23-15(2)5-4-6-16(23)3/h4-12H,13H2,1-3H3,(H,26,29)/b21-12+. The minimum absolute atomic E-state index is 0.0271. The van der Waals surface area contributed by atoms with E-state index in [0.717, 1.165) is 16.0 Å². The zero-order valence-corrected chi connectivity index (χ0v) is 20.0. The van der Waals surface area contributed by atoms with Crippen LogP contribution in [0.2, 0.25) is 0 Å². The van der Waals surface area contributed by atoms with Gasteiger partial charge in [-0.2, -0.15) is 0 Å². The van der Waals surface area contributed by atoms with Gasteiger partial charge in [-0.25, -0.2) is 0 Å². The number of anilines is 1. The zero-order chi connectivity index (χ0) is 25.3. The molecule has 1 aliphatic heterocycles. The van der Waals surface area contributed by atoms with E-state index in [0.29, 0.717) is 40.1 Å². The van der Waals surface area contributed by atoms with E-state index in [1.54, 1.807) is 31.2 Å². The number of nitrogens with zero attached hydrogens (tertiary/aromatic N) is 2. The smallest absolute Gasteiger partial charge is 0.294 e. The molecule has 0 bridgehead atoms. The van der Waals surface area contributed by atoms with Crippen molar-refractivity contribution in [2.24, 2.45) is 0 Å². The van der Waals surface area contributed by atoms with Gasteiger partial charge in [0.05, 0.1) is 9.83 Å². The van der Waals surface area contributed by atoms with E-state index >= 15 is 0 Å². The van der Waals surface area contributed by atoms with Crippen molar-refractivity contribution >= 4 is 46.3 Å². The Morgan fingerprint density at radius 1 is 1.09 bits per heavy atom. The fourth-order valence-electron chi connectivity index (χ4n) is 3.64. The number of para-hydroxylation sites is 1. The maximum atomic E-state index is 12.8. The van der Waals surface area contributed by atoms with Gasteiger partial charge in [-0.1, -0.05) is 30.3 Å². The summed E-state index contributed by atoms with van der Waals surface area (Å²) in [6.07, 6.45) is 1.42. The van der Waals surface area contributed by atoms with Crippen molar-refractivity contribution < 1.29 is 23.7 Å². The molecule has 1 saturated heterocycles. The third kappa shape index (κ3) is 5.02. The van der Waals surface area contributed by atoms with E-state index in [4.69, 9.17) is 4.42 Å². The molecule has 10 heteroatoms. The number of furan rings is 1. The minimum Gasteiger partial charge on any atom is -0.457 e. The summed E-state index contributed by atoms with van der Waals surface area (Å²) in [5, 5.41) is 13.4. The van der Waals surface area contributed by atoms with Crippen LogP contribution in [0.5, 0.6) is 0 Å². The molecule has 4 rings (SSSR count). The number of thioether (sulfide) groups is 1. The van der Waals surface area contributed by atoms with Gasteiger partial charge >= 0.3 is 0 Å². The number of carbonyl (C=O) groups is 3. The van der Waals surface area contributed by atoms with Crippen LogP contribution in [-0.4, -0.2) is 33.4 Å². The minimum atomic E-state index is -0.597. The Hall–Kier alpha value is -4.18. The Kier molecular flexibility index (Phi) is 6.57. The van der Waals surface area contributed by atoms with Crippen molar-refractivity contribution in [1.82, 2.24) is 4.90 Å². The van der Waals surface area contributed by atoms with Crippen molar-refractivity contribution in [2.45, 2.75) is 20.8 Å². The van der Waals surface area contributed by atoms with Crippen LogP contribution < -0.4 is 5.32 Å². The van der Waals surface area contributed by atoms with Gasteiger partial charge in [-0.3, -0.25) is 29.4 Å². The summed E-state index contributed by atoms with van der Waals surface area (Å²) in [7, 11) is 0. The average molecular weight is 492 g/mol. The molecule has 0 radical (unpaired) electrons. The van der Waals surface area contributed by atoms with Crippen LogP contribution in [-0.2, 0) is 9.59 Å². The summed E-state index contributed by atoms with van der Waals surface area (Å²) >= 11 is 0.714. The molecule has 3 amide bonds. The fraction of sp³-hybridized carbons (Fsp3) is 0.160. The monoisotopic (exact) mass is 491 g/mol. The molecule has 0 saturated carbocycles. The number of nitro benzene ring substituents is 1. The van der Waals surface area contributed by atoms with Crippen LogP contribution >= 0.6 is 11.8 Å². The molecule has 1 aromatic heterocycles. The predicted molar refractivity (Wildman–Crippen MR) is 133 cm³/mol. The van der Waals surface area contributed by atoms with Crippen LogP contribution in [0.15, 0.2) is 57.9 Å². The van der Waals surface area contributed by atoms with E-state index in [1.165, 1.54) is 12.1 Å². The Labute approximate surface area is 204 Å². The molecule has 1 aliphatic rings. The summed E-state index contributed by atoms with van der Waals surface area (Å²) in [6, 6.07) is 13.6. The van der Waals surface area contributed by atoms with Gasteiger partial charge in [0.1, 0.15) is 18.1 Å². The lowest BCUT2D eigenvalue weighted by Crippen LogP contribution is -2.36. The molecular weight excluding hydrogens is 470 g/mol. The number of nitro groups is 1. The molecule has 2 aromatic carbocycles. The summed E-state index contributed by atoms with van der Waals surface area (Å²) in [4.78, 5) is 49.5. The predicted octanol–water partition coefficient (Wildman–Crippen LogP) is 5.46. The van der Waals surface area contributed by atoms with Crippen molar-refractivity contribution in [3.05, 3.63) is 86.0 Å². The van der Waals surface area contributed by atoms with E-state index in [9.17, 15) is 24.5 Å². The highest BCUT2D eigenvalue weighted by atomic mass is 32.2. The molecule has 178 valence electrons.